The van der Waals surface area contributed by atoms with Crippen molar-refractivity contribution in [1.29, 1.82) is 0 Å². The highest BCUT2D eigenvalue weighted by atomic mass is 16.5. The second kappa shape index (κ2) is 11.0. The van der Waals surface area contributed by atoms with E-state index in [0.29, 0.717) is 6.10 Å². The summed E-state index contributed by atoms with van der Waals surface area (Å²) in [5.74, 6) is 0. The van der Waals surface area contributed by atoms with Crippen LogP contribution in [0.3, 0.4) is 0 Å². The first kappa shape index (κ1) is 16.2. The van der Waals surface area contributed by atoms with Crippen LogP contribution in [-0.2, 0) is 11.2 Å². The zero-order valence-electron chi connectivity index (χ0n) is 12.7. The first-order chi connectivity index (χ1) is 9.33. The van der Waals surface area contributed by atoms with Crippen LogP contribution in [-0.4, -0.2) is 12.7 Å². The highest BCUT2D eigenvalue weighted by Gasteiger charge is 2.03. The summed E-state index contributed by atoms with van der Waals surface area (Å²) in [6, 6.07) is 10.6. The van der Waals surface area contributed by atoms with Crippen LogP contribution in [0.15, 0.2) is 30.3 Å². The molecule has 1 rings (SSSR count). The van der Waals surface area contributed by atoms with Gasteiger partial charge in [0.1, 0.15) is 0 Å². The van der Waals surface area contributed by atoms with Crippen molar-refractivity contribution < 1.29 is 4.74 Å². The third kappa shape index (κ3) is 8.83. The Morgan fingerprint density at radius 2 is 1.53 bits per heavy atom. The van der Waals surface area contributed by atoms with Crippen LogP contribution in [0.4, 0.5) is 0 Å². The Kier molecular flexibility index (Phi) is 9.44. The molecule has 0 fully saturated rings. The lowest BCUT2D eigenvalue weighted by molar-refractivity contribution is 0.0635. The van der Waals surface area contributed by atoms with Gasteiger partial charge in [-0.25, -0.2) is 0 Å². The quantitative estimate of drug-likeness (QED) is 0.486. The molecule has 0 aliphatic heterocycles. The fourth-order valence-corrected chi connectivity index (χ4v) is 2.35. The molecule has 0 aliphatic carbocycles. The van der Waals surface area contributed by atoms with Crippen LogP contribution >= 0.6 is 0 Å². The molecule has 0 saturated heterocycles. The summed E-state index contributed by atoms with van der Waals surface area (Å²) in [5, 5.41) is 0. The predicted molar refractivity (Wildman–Crippen MR) is 83.6 cm³/mol. The van der Waals surface area contributed by atoms with Gasteiger partial charge in [0.25, 0.3) is 0 Å². The maximum absolute atomic E-state index is 5.87. The van der Waals surface area contributed by atoms with E-state index >= 15 is 0 Å². The van der Waals surface area contributed by atoms with E-state index < -0.39 is 0 Å². The molecule has 19 heavy (non-hydrogen) atoms. The van der Waals surface area contributed by atoms with Crippen molar-refractivity contribution in [3.05, 3.63) is 35.9 Å². The molecule has 1 nitrogen and oxygen atoms in total. The van der Waals surface area contributed by atoms with E-state index in [4.69, 9.17) is 4.74 Å². The normalized spacial score (nSPS) is 12.5. The predicted octanol–water partition coefficient (Wildman–Crippen LogP) is 5.38. The standard InChI is InChI=1S/C18H30O/c1-3-4-5-6-7-8-12-15-19-17(2)16-18-13-10-9-11-14-18/h9-11,13-14,17H,3-8,12,15-16H2,1-2H3/t17-/m1/s1. The minimum Gasteiger partial charge on any atom is -0.378 e. The number of unbranched alkanes of at least 4 members (excludes halogenated alkanes) is 6. The Hall–Kier alpha value is -0.820. The van der Waals surface area contributed by atoms with Gasteiger partial charge in [0.2, 0.25) is 0 Å². The van der Waals surface area contributed by atoms with E-state index in [1.165, 1.54) is 50.5 Å². The molecule has 0 amide bonds. The maximum Gasteiger partial charge on any atom is 0.0587 e. The number of rotatable bonds is 11. The Balaban J connectivity index is 1.94. The first-order valence-electron chi connectivity index (χ1n) is 7.98. The smallest absolute Gasteiger partial charge is 0.0587 e. The van der Waals surface area contributed by atoms with Crippen LogP contribution in [0, 0.1) is 0 Å². The van der Waals surface area contributed by atoms with Crippen molar-refractivity contribution in [2.75, 3.05) is 6.61 Å². The van der Waals surface area contributed by atoms with E-state index in [2.05, 4.69) is 44.2 Å². The fraction of sp³-hybridized carbons (Fsp3) is 0.667. The topological polar surface area (TPSA) is 9.23 Å². The summed E-state index contributed by atoms with van der Waals surface area (Å²) in [5.41, 5.74) is 1.37. The molecular formula is C18H30O. The van der Waals surface area contributed by atoms with Crippen LogP contribution < -0.4 is 0 Å². The third-order valence-corrected chi connectivity index (χ3v) is 3.52. The summed E-state index contributed by atoms with van der Waals surface area (Å²) >= 11 is 0. The maximum atomic E-state index is 5.87. The zero-order valence-corrected chi connectivity index (χ0v) is 12.7. The lowest BCUT2D eigenvalue weighted by Crippen LogP contribution is -2.12. The van der Waals surface area contributed by atoms with Gasteiger partial charge >= 0.3 is 0 Å². The van der Waals surface area contributed by atoms with E-state index in [1.54, 1.807) is 0 Å². The second-order valence-electron chi connectivity index (χ2n) is 5.49. The van der Waals surface area contributed by atoms with Crippen molar-refractivity contribution in [2.24, 2.45) is 0 Å². The minimum atomic E-state index is 0.336. The first-order valence-corrected chi connectivity index (χ1v) is 7.98. The van der Waals surface area contributed by atoms with Crippen molar-refractivity contribution in [3.8, 4) is 0 Å². The van der Waals surface area contributed by atoms with Gasteiger partial charge in [0.15, 0.2) is 0 Å². The summed E-state index contributed by atoms with van der Waals surface area (Å²) in [7, 11) is 0. The van der Waals surface area contributed by atoms with Gasteiger partial charge in [-0.1, -0.05) is 75.8 Å². The molecule has 108 valence electrons. The van der Waals surface area contributed by atoms with Crippen LogP contribution in [0.2, 0.25) is 0 Å². The van der Waals surface area contributed by atoms with Crippen LogP contribution in [0.5, 0.6) is 0 Å². The van der Waals surface area contributed by atoms with Crippen molar-refractivity contribution in [1.82, 2.24) is 0 Å². The van der Waals surface area contributed by atoms with Crippen molar-refractivity contribution in [3.63, 3.8) is 0 Å². The highest BCUT2D eigenvalue weighted by molar-refractivity contribution is 5.15. The number of hydrogen-bond donors (Lipinski definition) is 0. The van der Waals surface area contributed by atoms with Gasteiger partial charge in [-0.15, -0.1) is 0 Å². The molecule has 0 bridgehead atoms. The average molecular weight is 262 g/mol. The lowest BCUT2D eigenvalue weighted by atomic mass is 10.1. The summed E-state index contributed by atoms with van der Waals surface area (Å²) in [6.45, 7) is 5.36. The average Bonchev–Trinajstić information content (AvgIpc) is 2.43. The minimum absolute atomic E-state index is 0.336. The van der Waals surface area contributed by atoms with Gasteiger partial charge in [-0.05, 0) is 25.3 Å². The molecule has 0 N–H and O–H groups in total. The molecule has 0 aliphatic rings. The van der Waals surface area contributed by atoms with E-state index in [9.17, 15) is 0 Å². The van der Waals surface area contributed by atoms with Crippen molar-refractivity contribution in [2.45, 2.75) is 71.3 Å². The molecule has 1 aromatic rings. The Morgan fingerprint density at radius 3 is 2.21 bits per heavy atom. The number of ether oxygens (including phenoxy) is 1. The van der Waals surface area contributed by atoms with Gasteiger partial charge in [-0.3, -0.25) is 0 Å². The summed E-state index contributed by atoms with van der Waals surface area (Å²) < 4.78 is 5.87. The van der Waals surface area contributed by atoms with Crippen LogP contribution in [0.1, 0.15) is 64.4 Å². The molecule has 1 heteroatoms. The lowest BCUT2D eigenvalue weighted by Gasteiger charge is -2.13. The molecule has 0 spiro atoms. The summed E-state index contributed by atoms with van der Waals surface area (Å²) in [4.78, 5) is 0. The zero-order chi connectivity index (χ0) is 13.8. The van der Waals surface area contributed by atoms with E-state index in [-0.39, 0.29) is 0 Å². The molecule has 0 unspecified atom stereocenters. The molecule has 1 atom stereocenters. The Bertz CT molecular complexity index is 294. The SMILES string of the molecule is CCCCCCCCCO[C@H](C)Cc1ccccc1. The fourth-order valence-electron chi connectivity index (χ4n) is 2.35. The van der Waals surface area contributed by atoms with Gasteiger partial charge in [0, 0.05) is 6.61 Å². The second-order valence-corrected chi connectivity index (χ2v) is 5.49. The Morgan fingerprint density at radius 1 is 0.895 bits per heavy atom. The molecule has 0 aromatic heterocycles. The van der Waals surface area contributed by atoms with E-state index in [0.717, 1.165) is 13.0 Å². The van der Waals surface area contributed by atoms with Crippen LogP contribution in [0.25, 0.3) is 0 Å². The van der Waals surface area contributed by atoms with E-state index in [1.807, 2.05) is 0 Å². The Labute approximate surface area is 119 Å². The largest absolute Gasteiger partial charge is 0.378 e. The van der Waals surface area contributed by atoms with Gasteiger partial charge < -0.3 is 4.74 Å². The van der Waals surface area contributed by atoms with Gasteiger partial charge in [0.05, 0.1) is 6.10 Å². The highest BCUT2D eigenvalue weighted by Crippen LogP contribution is 2.09. The number of benzene rings is 1. The molecule has 0 radical (unpaired) electrons. The van der Waals surface area contributed by atoms with Gasteiger partial charge in [-0.2, -0.15) is 0 Å². The third-order valence-electron chi connectivity index (χ3n) is 3.52. The summed E-state index contributed by atoms with van der Waals surface area (Å²) in [6.07, 6.45) is 10.8. The molecule has 0 saturated carbocycles. The molecule has 0 heterocycles. The molecular weight excluding hydrogens is 232 g/mol. The molecule has 1 aromatic carbocycles. The number of hydrogen-bond acceptors (Lipinski definition) is 1. The van der Waals surface area contributed by atoms with Crippen molar-refractivity contribution >= 4 is 0 Å². The monoisotopic (exact) mass is 262 g/mol.